The Morgan fingerprint density at radius 1 is 0.933 bits per heavy atom. The van der Waals surface area contributed by atoms with Gasteiger partial charge < -0.3 is 24.6 Å². The molecule has 2 bridgehead atoms. The summed E-state index contributed by atoms with van der Waals surface area (Å²) < 4.78 is 12.2. The maximum atomic E-state index is 13.8. The number of amides is 1. The molecular formula is C36H53NO8. The van der Waals surface area contributed by atoms with Crippen LogP contribution >= 0.6 is 0 Å². The smallest absolute Gasteiger partial charge is 0.329 e. The Hall–Kier alpha value is -2.62. The van der Waals surface area contributed by atoms with E-state index in [-0.39, 0.29) is 18.2 Å². The van der Waals surface area contributed by atoms with Crippen LogP contribution in [0, 0.1) is 23.7 Å². The lowest BCUT2D eigenvalue weighted by molar-refractivity contribution is -0.274. The molecule has 3 heterocycles. The standard InChI is InChI=1S/C36H53NO8/c1-5-27(22-26-14-8-6-9-15-26)31-18-11-7-10-17-29(38)24(3)32(39)25(4)30-20-19-23(2)36(43,45-30)33(40)34(41)37-21-13-12-16-28(37)35(42)44-31/h6,8-9,14-15,23-25,27-28,30-32,39,43H,5,7,10-13,16-22H2,1-4H3/t23-,24-,25+,27-,28?,30+,31+,32+,36-/m1/s1. The lowest BCUT2D eigenvalue weighted by Crippen LogP contribution is -2.61. The van der Waals surface area contributed by atoms with Crippen molar-refractivity contribution in [2.24, 2.45) is 23.7 Å². The minimum Gasteiger partial charge on any atom is -0.461 e. The Kier molecular flexibility index (Phi) is 12.4. The number of rotatable bonds is 4. The highest BCUT2D eigenvalue weighted by Gasteiger charge is 2.54. The molecule has 9 nitrogen and oxygen atoms in total. The fourth-order valence-electron chi connectivity index (χ4n) is 7.36. The second kappa shape index (κ2) is 15.8. The van der Waals surface area contributed by atoms with Gasteiger partial charge in [-0.3, -0.25) is 14.4 Å². The minimum absolute atomic E-state index is 0.0478. The number of aliphatic hydroxyl groups excluding tert-OH is 1. The minimum atomic E-state index is -2.40. The maximum absolute atomic E-state index is 13.8. The summed E-state index contributed by atoms with van der Waals surface area (Å²) in [5.41, 5.74) is 1.15. The van der Waals surface area contributed by atoms with Gasteiger partial charge in [-0.25, -0.2) is 4.79 Å². The number of fused-ring (bicyclic) bond motifs is 3. The van der Waals surface area contributed by atoms with Gasteiger partial charge in [-0.15, -0.1) is 0 Å². The molecule has 3 aliphatic heterocycles. The summed E-state index contributed by atoms with van der Waals surface area (Å²) in [7, 11) is 0. The Morgan fingerprint density at radius 2 is 1.64 bits per heavy atom. The number of hydrogen-bond acceptors (Lipinski definition) is 8. The zero-order valence-corrected chi connectivity index (χ0v) is 27.5. The first-order chi connectivity index (χ1) is 21.5. The van der Waals surface area contributed by atoms with Gasteiger partial charge in [0.15, 0.2) is 0 Å². The van der Waals surface area contributed by atoms with Crippen LogP contribution in [-0.4, -0.2) is 75.2 Å². The first-order valence-electron chi connectivity index (χ1n) is 17.2. The van der Waals surface area contributed by atoms with Crippen molar-refractivity contribution in [3.63, 3.8) is 0 Å². The first kappa shape index (κ1) is 35.2. The van der Waals surface area contributed by atoms with Gasteiger partial charge >= 0.3 is 5.97 Å². The number of piperidine rings is 1. The predicted molar refractivity (Wildman–Crippen MR) is 169 cm³/mol. The van der Waals surface area contributed by atoms with Crippen molar-refractivity contribution in [1.82, 2.24) is 4.90 Å². The average Bonchev–Trinajstić information content (AvgIpc) is 3.05. The van der Waals surface area contributed by atoms with Crippen molar-refractivity contribution < 1.29 is 38.9 Å². The Balaban J connectivity index is 1.64. The third-order valence-corrected chi connectivity index (χ3v) is 10.7. The number of ether oxygens (including phenoxy) is 2. The monoisotopic (exact) mass is 627 g/mol. The second-order valence-electron chi connectivity index (χ2n) is 13.7. The largest absolute Gasteiger partial charge is 0.461 e. The molecule has 1 aromatic rings. The number of esters is 1. The number of carbonyl (C=O) groups is 4. The van der Waals surface area contributed by atoms with E-state index in [1.54, 1.807) is 20.8 Å². The highest BCUT2D eigenvalue weighted by atomic mass is 16.6. The van der Waals surface area contributed by atoms with Crippen LogP contribution in [0.4, 0.5) is 0 Å². The Bertz CT molecular complexity index is 1170. The van der Waals surface area contributed by atoms with E-state index >= 15 is 0 Å². The van der Waals surface area contributed by atoms with E-state index in [1.807, 2.05) is 18.2 Å². The van der Waals surface area contributed by atoms with Crippen LogP contribution in [0.5, 0.6) is 0 Å². The Labute approximate surface area is 268 Å². The molecule has 1 unspecified atom stereocenters. The van der Waals surface area contributed by atoms with Gasteiger partial charge in [-0.2, -0.15) is 0 Å². The number of cyclic esters (lactones) is 1. The summed E-state index contributed by atoms with van der Waals surface area (Å²) >= 11 is 0. The van der Waals surface area contributed by atoms with Gasteiger partial charge in [0.25, 0.3) is 11.7 Å². The number of carbonyl (C=O) groups excluding carboxylic acids is 4. The third-order valence-electron chi connectivity index (χ3n) is 10.7. The molecule has 2 N–H and O–H groups in total. The molecule has 4 rings (SSSR count). The SMILES string of the molecule is CC[C@H](Cc1ccccc1)[C@@H]1CCCCCC(=O)[C@@H](C)[C@H](O)[C@@H](C)[C@@H]2CC[C@@H](C)[C@@](O)(O2)C(=O)C(=O)N2CCCCC2C(=O)O1. The summed E-state index contributed by atoms with van der Waals surface area (Å²) in [5, 5.41) is 22.8. The van der Waals surface area contributed by atoms with E-state index in [4.69, 9.17) is 9.47 Å². The lowest BCUT2D eigenvalue weighted by atomic mass is 9.79. The molecule has 45 heavy (non-hydrogen) atoms. The van der Waals surface area contributed by atoms with Crippen molar-refractivity contribution in [3.05, 3.63) is 35.9 Å². The van der Waals surface area contributed by atoms with Crippen molar-refractivity contribution in [2.45, 2.75) is 135 Å². The van der Waals surface area contributed by atoms with Crippen LogP contribution in [-0.2, 0) is 35.1 Å². The zero-order valence-electron chi connectivity index (χ0n) is 27.5. The molecule has 0 aliphatic carbocycles. The highest BCUT2D eigenvalue weighted by Crippen LogP contribution is 2.38. The van der Waals surface area contributed by atoms with E-state index in [1.165, 1.54) is 4.90 Å². The molecule has 9 atom stereocenters. The Morgan fingerprint density at radius 3 is 2.36 bits per heavy atom. The van der Waals surface area contributed by atoms with Gasteiger partial charge in [0.05, 0.1) is 12.2 Å². The van der Waals surface area contributed by atoms with Crippen LogP contribution in [0.3, 0.4) is 0 Å². The molecule has 0 aromatic heterocycles. The van der Waals surface area contributed by atoms with E-state index in [9.17, 15) is 29.4 Å². The molecule has 0 radical (unpaired) electrons. The fraction of sp³-hybridized carbons (Fsp3) is 0.722. The first-order valence-corrected chi connectivity index (χ1v) is 17.2. The van der Waals surface area contributed by atoms with Crippen molar-refractivity contribution in [1.29, 1.82) is 0 Å². The molecule has 3 fully saturated rings. The van der Waals surface area contributed by atoms with Gasteiger partial charge in [0.1, 0.15) is 17.9 Å². The number of hydrogen-bond donors (Lipinski definition) is 2. The van der Waals surface area contributed by atoms with Gasteiger partial charge in [0, 0.05) is 30.7 Å². The molecule has 9 heteroatoms. The summed E-state index contributed by atoms with van der Waals surface area (Å²) in [5.74, 6) is -6.85. The van der Waals surface area contributed by atoms with Crippen molar-refractivity contribution >= 4 is 23.4 Å². The number of nitrogens with zero attached hydrogens (tertiary/aromatic N) is 1. The van der Waals surface area contributed by atoms with E-state index in [2.05, 4.69) is 19.1 Å². The van der Waals surface area contributed by atoms with E-state index in [0.29, 0.717) is 51.4 Å². The van der Waals surface area contributed by atoms with Crippen molar-refractivity contribution in [2.75, 3.05) is 6.54 Å². The van der Waals surface area contributed by atoms with Crippen LogP contribution in [0.2, 0.25) is 0 Å². The zero-order chi connectivity index (χ0) is 32.7. The molecule has 3 saturated heterocycles. The van der Waals surface area contributed by atoms with Gasteiger partial charge in [0.2, 0.25) is 5.79 Å². The van der Waals surface area contributed by atoms with Gasteiger partial charge in [-0.1, -0.05) is 64.4 Å². The summed E-state index contributed by atoms with van der Waals surface area (Å²) in [6.07, 6.45) is 5.08. The van der Waals surface area contributed by atoms with Gasteiger partial charge in [-0.05, 0) is 75.7 Å². The topological polar surface area (TPSA) is 130 Å². The number of aliphatic hydroxyl groups is 2. The average molecular weight is 628 g/mol. The molecule has 1 aromatic carbocycles. The summed E-state index contributed by atoms with van der Waals surface area (Å²) in [4.78, 5) is 55.8. The van der Waals surface area contributed by atoms with Crippen LogP contribution < -0.4 is 0 Å². The molecule has 0 saturated carbocycles. The highest BCUT2D eigenvalue weighted by molar-refractivity contribution is 6.39. The van der Waals surface area contributed by atoms with Crippen LogP contribution in [0.15, 0.2) is 30.3 Å². The lowest BCUT2D eigenvalue weighted by Gasteiger charge is -2.44. The summed E-state index contributed by atoms with van der Waals surface area (Å²) in [6, 6.07) is 9.15. The molecule has 1 amide bonds. The second-order valence-corrected chi connectivity index (χ2v) is 13.7. The van der Waals surface area contributed by atoms with E-state index < -0.39 is 65.6 Å². The van der Waals surface area contributed by atoms with E-state index in [0.717, 1.165) is 31.2 Å². The summed E-state index contributed by atoms with van der Waals surface area (Å²) in [6.45, 7) is 7.41. The molecule has 0 spiro atoms. The molecule has 250 valence electrons. The number of Topliss-reactive ketones (excluding diaryl/α,β-unsaturated/α-hetero) is 2. The normalized spacial score (nSPS) is 35.4. The predicted octanol–water partition coefficient (Wildman–Crippen LogP) is 4.79. The fourth-order valence-corrected chi connectivity index (χ4v) is 7.36. The van der Waals surface area contributed by atoms with Crippen molar-refractivity contribution in [3.8, 4) is 0 Å². The molecule has 3 aliphatic rings. The number of benzene rings is 1. The maximum Gasteiger partial charge on any atom is 0.329 e. The quantitative estimate of drug-likeness (QED) is 0.360. The third kappa shape index (κ3) is 8.22. The van der Waals surface area contributed by atoms with Crippen LogP contribution in [0.1, 0.15) is 104 Å². The molecular weight excluding hydrogens is 574 g/mol. The van der Waals surface area contributed by atoms with Crippen LogP contribution in [0.25, 0.3) is 0 Å². The number of ketones is 2.